The van der Waals surface area contributed by atoms with Crippen LogP contribution in [-0.2, 0) is 30.3 Å². The molecule has 5 rings (SSSR count). The molecule has 2 saturated heterocycles. The van der Waals surface area contributed by atoms with Crippen LogP contribution in [0.3, 0.4) is 0 Å². The SMILES string of the molecule is COC(=O)C(Cc1ccccc1)N1C(=O)C2C3CC(C4OC34)C2C1=O. The molecule has 2 bridgehead atoms. The summed E-state index contributed by atoms with van der Waals surface area (Å²) in [5, 5.41) is 0. The number of ether oxygens (including phenoxy) is 2. The number of methoxy groups -OCH3 is 1. The first-order chi connectivity index (χ1) is 12.1. The predicted molar refractivity (Wildman–Crippen MR) is 85.0 cm³/mol. The number of amides is 2. The van der Waals surface area contributed by atoms with E-state index in [-0.39, 0.29) is 54.1 Å². The molecule has 0 N–H and O–H groups in total. The average molecular weight is 341 g/mol. The number of esters is 1. The van der Waals surface area contributed by atoms with Crippen molar-refractivity contribution in [2.24, 2.45) is 23.7 Å². The number of hydrogen-bond donors (Lipinski definition) is 0. The average Bonchev–Trinajstić information content (AvgIpc) is 3.15. The van der Waals surface area contributed by atoms with Crippen LogP contribution in [-0.4, -0.2) is 48.0 Å². The zero-order chi connectivity index (χ0) is 17.3. The maximum Gasteiger partial charge on any atom is 0.329 e. The number of nitrogens with zero attached hydrogens (tertiary/aromatic N) is 1. The highest BCUT2D eigenvalue weighted by Gasteiger charge is 2.74. The summed E-state index contributed by atoms with van der Waals surface area (Å²) in [6.07, 6.45) is 1.48. The summed E-state index contributed by atoms with van der Waals surface area (Å²) >= 11 is 0. The summed E-state index contributed by atoms with van der Waals surface area (Å²) in [4.78, 5) is 39.7. The Morgan fingerprint density at radius 2 is 1.76 bits per heavy atom. The molecular weight excluding hydrogens is 322 g/mol. The Morgan fingerprint density at radius 1 is 1.16 bits per heavy atom. The normalized spacial score (nSPS) is 38.5. The second-order valence-electron chi connectivity index (χ2n) is 7.46. The fourth-order valence-corrected chi connectivity index (χ4v) is 5.31. The van der Waals surface area contributed by atoms with Crippen molar-refractivity contribution >= 4 is 17.8 Å². The molecule has 2 amide bonds. The van der Waals surface area contributed by atoms with Crippen molar-refractivity contribution in [2.75, 3.05) is 7.11 Å². The van der Waals surface area contributed by atoms with Gasteiger partial charge in [0.15, 0.2) is 0 Å². The van der Waals surface area contributed by atoms with Gasteiger partial charge in [0.2, 0.25) is 11.8 Å². The second kappa shape index (κ2) is 5.14. The first-order valence-corrected chi connectivity index (χ1v) is 8.76. The molecule has 130 valence electrons. The summed E-state index contributed by atoms with van der Waals surface area (Å²) in [6, 6.07) is 8.50. The zero-order valence-electron chi connectivity index (χ0n) is 13.8. The quantitative estimate of drug-likeness (QED) is 0.460. The Morgan fingerprint density at radius 3 is 2.32 bits per heavy atom. The number of epoxide rings is 1. The van der Waals surface area contributed by atoms with E-state index in [9.17, 15) is 14.4 Å². The Hall–Kier alpha value is -2.21. The van der Waals surface area contributed by atoms with E-state index in [1.807, 2.05) is 30.3 Å². The van der Waals surface area contributed by atoms with Crippen molar-refractivity contribution in [3.63, 3.8) is 0 Å². The summed E-state index contributed by atoms with van der Waals surface area (Å²) < 4.78 is 10.5. The van der Waals surface area contributed by atoms with Crippen LogP contribution in [0.1, 0.15) is 12.0 Å². The van der Waals surface area contributed by atoms with Gasteiger partial charge in [-0.15, -0.1) is 0 Å². The number of imide groups is 1. The number of rotatable bonds is 4. The molecule has 2 heterocycles. The minimum Gasteiger partial charge on any atom is -0.467 e. The third kappa shape index (κ3) is 1.97. The molecule has 0 radical (unpaired) electrons. The first kappa shape index (κ1) is 15.1. The van der Waals surface area contributed by atoms with E-state index in [0.29, 0.717) is 0 Å². The van der Waals surface area contributed by atoms with Gasteiger partial charge in [0.1, 0.15) is 6.04 Å². The predicted octanol–water partition coefficient (Wildman–Crippen LogP) is 0.789. The van der Waals surface area contributed by atoms with Gasteiger partial charge in [-0.05, 0) is 12.0 Å². The number of hydrogen-bond acceptors (Lipinski definition) is 5. The highest BCUT2D eigenvalue weighted by molar-refractivity contribution is 6.08. The molecule has 6 heteroatoms. The van der Waals surface area contributed by atoms with Crippen molar-refractivity contribution in [1.82, 2.24) is 4.90 Å². The summed E-state index contributed by atoms with van der Waals surface area (Å²) in [5.41, 5.74) is 0.893. The highest BCUT2D eigenvalue weighted by Crippen LogP contribution is 2.64. The number of carbonyl (C=O) groups excluding carboxylic acids is 3. The largest absolute Gasteiger partial charge is 0.467 e. The van der Waals surface area contributed by atoms with Crippen LogP contribution >= 0.6 is 0 Å². The molecule has 4 aliphatic rings. The molecule has 0 spiro atoms. The van der Waals surface area contributed by atoms with Crippen molar-refractivity contribution in [3.8, 4) is 0 Å². The van der Waals surface area contributed by atoms with E-state index in [0.717, 1.165) is 12.0 Å². The van der Waals surface area contributed by atoms with Crippen molar-refractivity contribution in [3.05, 3.63) is 35.9 Å². The van der Waals surface area contributed by atoms with E-state index in [1.54, 1.807) is 0 Å². The maximum absolute atomic E-state index is 13.0. The van der Waals surface area contributed by atoms with E-state index in [2.05, 4.69) is 0 Å². The number of carbonyl (C=O) groups is 3. The van der Waals surface area contributed by atoms with Gasteiger partial charge in [-0.1, -0.05) is 30.3 Å². The smallest absolute Gasteiger partial charge is 0.329 e. The summed E-state index contributed by atoms with van der Waals surface area (Å²) in [6.45, 7) is 0. The first-order valence-electron chi connectivity index (χ1n) is 8.76. The lowest BCUT2D eigenvalue weighted by molar-refractivity contribution is -0.157. The number of fused-ring (bicyclic) bond motifs is 8. The third-order valence-corrected chi connectivity index (χ3v) is 6.36. The molecule has 2 saturated carbocycles. The molecule has 2 aliphatic carbocycles. The van der Waals surface area contributed by atoms with Gasteiger partial charge >= 0.3 is 5.97 Å². The monoisotopic (exact) mass is 341 g/mol. The fourth-order valence-electron chi connectivity index (χ4n) is 5.31. The van der Waals surface area contributed by atoms with Gasteiger partial charge in [0, 0.05) is 18.3 Å². The van der Waals surface area contributed by atoms with Crippen LogP contribution in [0.4, 0.5) is 0 Å². The Bertz CT molecular complexity index is 730. The lowest BCUT2D eigenvalue weighted by Crippen LogP contribution is -2.48. The van der Waals surface area contributed by atoms with E-state index in [1.165, 1.54) is 12.0 Å². The van der Waals surface area contributed by atoms with Crippen LogP contribution in [0.2, 0.25) is 0 Å². The third-order valence-electron chi connectivity index (χ3n) is 6.36. The molecule has 25 heavy (non-hydrogen) atoms. The lowest BCUT2D eigenvalue weighted by Gasteiger charge is -2.26. The van der Waals surface area contributed by atoms with E-state index < -0.39 is 12.0 Å². The number of likely N-dealkylation sites (tertiary alicyclic amines) is 1. The van der Waals surface area contributed by atoms with Crippen LogP contribution in [0.25, 0.3) is 0 Å². The van der Waals surface area contributed by atoms with Crippen LogP contribution < -0.4 is 0 Å². The lowest BCUT2D eigenvalue weighted by atomic mass is 9.81. The van der Waals surface area contributed by atoms with Crippen LogP contribution in [0.15, 0.2) is 30.3 Å². The molecule has 1 aromatic rings. The Kier molecular flexibility index (Phi) is 3.10. The summed E-state index contributed by atoms with van der Waals surface area (Å²) in [5.74, 6) is -1.34. The van der Waals surface area contributed by atoms with Crippen LogP contribution in [0.5, 0.6) is 0 Å². The standard InChI is InChI=1S/C19H19NO5/c1-24-19(23)12(7-9-5-3-2-4-6-9)20-17(21)13-10-8-11(14(13)18(20)22)16-15(10)25-16/h2-6,10-16H,7-8H2,1H3. The Labute approximate surface area is 145 Å². The van der Waals surface area contributed by atoms with Crippen molar-refractivity contribution in [1.29, 1.82) is 0 Å². The Balaban J connectivity index is 1.46. The molecule has 6 nitrogen and oxygen atoms in total. The van der Waals surface area contributed by atoms with Gasteiger partial charge < -0.3 is 9.47 Å². The molecule has 4 fully saturated rings. The topological polar surface area (TPSA) is 76.2 Å². The fraction of sp³-hybridized carbons (Fsp3) is 0.526. The van der Waals surface area contributed by atoms with Crippen molar-refractivity contribution in [2.45, 2.75) is 31.1 Å². The molecule has 7 atom stereocenters. The minimum atomic E-state index is -0.894. The molecule has 1 aromatic carbocycles. The van der Waals surface area contributed by atoms with Gasteiger partial charge in [-0.3, -0.25) is 14.5 Å². The van der Waals surface area contributed by atoms with Crippen molar-refractivity contribution < 1.29 is 23.9 Å². The summed E-state index contributed by atoms with van der Waals surface area (Å²) in [7, 11) is 1.29. The molecule has 0 aromatic heterocycles. The second-order valence-corrected chi connectivity index (χ2v) is 7.46. The van der Waals surface area contributed by atoms with Gasteiger partial charge in [-0.25, -0.2) is 4.79 Å². The molecular formula is C19H19NO5. The number of benzene rings is 1. The maximum atomic E-state index is 13.0. The minimum absolute atomic E-state index is 0.136. The van der Waals surface area contributed by atoms with Gasteiger partial charge in [-0.2, -0.15) is 0 Å². The highest BCUT2D eigenvalue weighted by atomic mass is 16.6. The molecule has 7 unspecified atom stereocenters. The van der Waals surface area contributed by atoms with E-state index >= 15 is 0 Å². The van der Waals surface area contributed by atoms with E-state index in [4.69, 9.17) is 9.47 Å². The van der Waals surface area contributed by atoms with Gasteiger partial charge in [0.25, 0.3) is 0 Å². The van der Waals surface area contributed by atoms with Crippen LogP contribution in [0, 0.1) is 23.7 Å². The molecule has 2 aliphatic heterocycles. The van der Waals surface area contributed by atoms with Gasteiger partial charge in [0.05, 0.1) is 31.2 Å². The zero-order valence-corrected chi connectivity index (χ0v) is 13.8.